The predicted molar refractivity (Wildman–Crippen MR) is 81.4 cm³/mol. The van der Waals surface area contributed by atoms with Crippen molar-refractivity contribution in [2.24, 2.45) is 0 Å². The Labute approximate surface area is 127 Å². The molecule has 106 valence electrons. The monoisotopic (exact) mass is 311 g/mol. The van der Waals surface area contributed by atoms with Gasteiger partial charge in [-0.25, -0.2) is 0 Å². The minimum atomic E-state index is -0.171. The lowest BCUT2D eigenvalue weighted by atomic mass is 10.1. The van der Waals surface area contributed by atoms with Crippen molar-refractivity contribution >= 4 is 34.8 Å². The van der Waals surface area contributed by atoms with Crippen LogP contribution in [0.4, 0.5) is 5.69 Å². The van der Waals surface area contributed by atoms with Crippen LogP contribution in [0.3, 0.4) is 0 Å². The molecule has 0 fully saturated rings. The highest BCUT2D eigenvalue weighted by molar-refractivity contribution is 6.31. The Kier molecular flexibility index (Phi) is 4.68. The standard InChI is InChI=1S/C14H15Cl2N3O/c1-10-6-12(16)7-11(2)14(10)19(13(20)8-15)9-18-5-3-4-17-18/h3-7H,8-9H2,1-2H3. The third-order valence-corrected chi connectivity index (χ3v) is 3.43. The first-order valence-corrected chi connectivity index (χ1v) is 7.04. The summed E-state index contributed by atoms with van der Waals surface area (Å²) in [5.41, 5.74) is 2.69. The highest BCUT2D eigenvalue weighted by Crippen LogP contribution is 2.29. The lowest BCUT2D eigenvalue weighted by molar-refractivity contribution is -0.116. The van der Waals surface area contributed by atoms with Crippen LogP contribution in [0.15, 0.2) is 30.6 Å². The topological polar surface area (TPSA) is 38.1 Å². The van der Waals surface area contributed by atoms with E-state index in [9.17, 15) is 4.79 Å². The molecular weight excluding hydrogens is 297 g/mol. The largest absolute Gasteiger partial charge is 0.291 e. The van der Waals surface area contributed by atoms with Gasteiger partial charge in [0, 0.05) is 17.4 Å². The number of benzene rings is 1. The molecule has 1 aromatic heterocycles. The fourth-order valence-corrected chi connectivity index (χ4v) is 2.68. The van der Waals surface area contributed by atoms with Gasteiger partial charge in [0.05, 0.1) is 5.69 Å². The van der Waals surface area contributed by atoms with E-state index in [1.165, 1.54) is 0 Å². The zero-order valence-electron chi connectivity index (χ0n) is 11.3. The highest BCUT2D eigenvalue weighted by atomic mass is 35.5. The summed E-state index contributed by atoms with van der Waals surface area (Å²) in [6.45, 7) is 4.17. The third-order valence-electron chi connectivity index (χ3n) is 2.99. The average Bonchev–Trinajstić information content (AvgIpc) is 2.88. The molecule has 0 saturated heterocycles. The van der Waals surface area contributed by atoms with Crippen molar-refractivity contribution < 1.29 is 4.79 Å². The van der Waals surface area contributed by atoms with Crippen LogP contribution in [0.2, 0.25) is 5.02 Å². The molecule has 0 N–H and O–H groups in total. The zero-order valence-corrected chi connectivity index (χ0v) is 12.8. The second-order valence-corrected chi connectivity index (χ2v) is 5.23. The number of carbonyl (C=O) groups excluding carboxylic acids is 1. The van der Waals surface area contributed by atoms with Crippen molar-refractivity contribution in [3.8, 4) is 0 Å². The quantitative estimate of drug-likeness (QED) is 0.812. The first-order chi connectivity index (χ1) is 9.52. The first-order valence-electron chi connectivity index (χ1n) is 6.13. The lowest BCUT2D eigenvalue weighted by Crippen LogP contribution is -2.35. The van der Waals surface area contributed by atoms with Crippen LogP contribution < -0.4 is 4.90 Å². The summed E-state index contributed by atoms with van der Waals surface area (Å²) in [6, 6.07) is 5.48. The van der Waals surface area contributed by atoms with Crippen LogP contribution in [0, 0.1) is 13.8 Å². The van der Waals surface area contributed by atoms with Crippen LogP contribution in [0.25, 0.3) is 0 Å². The summed E-state index contributed by atoms with van der Waals surface area (Å²) in [6.07, 6.45) is 3.47. The Morgan fingerprint density at radius 2 is 2.00 bits per heavy atom. The second kappa shape index (κ2) is 6.29. The molecule has 0 aliphatic rings. The molecule has 0 bridgehead atoms. The van der Waals surface area contributed by atoms with Gasteiger partial charge in [0.1, 0.15) is 12.5 Å². The number of hydrogen-bond acceptors (Lipinski definition) is 2. The van der Waals surface area contributed by atoms with Gasteiger partial charge in [-0.2, -0.15) is 5.10 Å². The molecule has 0 atom stereocenters. The van der Waals surface area contributed by atoms with Crippen LogP contribution in [0.5, 0.6) is 0 Å². The minimum Gasteiger partial charge on any atom is -0.291 e. The Bertz CT molecular complexity index is 588. The van der Waals surface area contributed by atoms with Crippen LogP contribution in [0.1, 0.15) is 11.1 Å². The van der Waals surface area contributed by atoms with E-state index in [0.717, 1.165) is 16.8 Å². The van der Waals surface area contributed by atoms with Gasteiger partial charge < -0.3 is 0 Å². The Balaban J connectivity index is 2.44. The molecule has 0 spiro atoms. The van der Waals surface area contributed by atoms with E-state index in [2.05, 4.69) is 5.10 Å². The molecule has 0 unspecified atom stereocenters. The van der Waals surface area contributed by atoms with Gasteiger partial charge in [-0.3, -0.25) is 14.4 Å². The van der Waals surface area contributed by atoms with Crippen molar-refractivity contribution in [3.05, 3.63) is 46.7 Å². The molecule has 0 saturated carbocycles. The van der Waals surface area contributed by atoms with E-state index >= 15 is 0 Å². The number of hydrogen-bond donors (Lipinski definition) is 0. The number of halogens is 2. The van der Waals surface area contributed by atoms with E-state index in [4.69, 9.17) is 23.2 Å². The fraction of sp³-hybridized carbons (Fsp3) is 0.286. The fourth-order valence-electron chi connectivity index (χ4n) is 2.20. The molecule has 2 aromatic rings. The van der Waals surface area contributed by atoms with Crippen molar-refractivity contribution in [2.45, 2.75) is 20.5 Å². The summed E-state index contributed by atoms with van der Waals surface area (Å²) in [5.74, 6) is -0.251. The van der Waals surface area contributed by atoms with Crippen molar-refractivity contribution in [2.75, 3.05) is 10.8 Å². The molecule has 6 heteroatoms. The highest BCUT2D eigenvalue weighted by Gasteiger charge is 2.19. The molecule has 1 heterocycles. The Morgan fingerprint density at radius 3 is 2.50 bits per heavy atom. The first kappa shape index (κ1) is 14.9. The number of anilines is 1. The molecule has 1 aromatic carbocycles. The lowest BCUT2D eigenvalue weighted by Gasteiger charge is -2.25. The summed E-state index contributed by atoms with van der Waals surface area (Å²) >= 11 is 11.8. The molecule has 1 amide bonds. The van der Waals surface area contributed by atoms with Crippen LogP contribution >= 0.6 is 23.2 Å². The number of alkyl halides is 1. The number of carbonyl (C=O) groups is 1. The maximum atomic E-state index is 12.1. The minimum absolute atomic E-state index is 0.0806. The molecular formula is C14H15Cl2N3O. The van der Waals surface area contributed by atoms with Crippen molar-refractivity contribution in [1.29, 1.82) is 0 Å². The normalized spacial score (nSPS) is 10.6. The summed E-state index contributed by atoms with van der Waals surface area (Å²) < 4.78 is 1.68. The molecule has 4 nitrogen and oxygen atoms in total. The number of amides is 1. The maximum absolute atomic E-state index is 12.1. The average molecular weight is 312 g/mol. The Hall–Kier alpha value is -1.52. The van der Waals surface area contributed by atoms with Gasteiger partial charge in [0.25, 0.3) is 0 Å². The van der Waals surface area contributed by atoms with Gasteiger partial charge in [-0.15, -0.1) is 11.6 Å². The second-order valence-electron chi connectivity index (χ2n) is 4.53. The SMILES string of the molecule is Cc1cc(Cl)cc(C)c1N(Cn1cccn1)C(=O)CCl. The van der Waals surface area contributed by atoms with E-state index in [0.29, 0.717) is 11.7 Å². The maximum Gasteiger partial charge on any atom is 0.243 e. The van der Waals surface area contributed by atoms with E-state index in [-0.39, 0.29) is 11.8 Å². The van der Waals surface area contributed by atoms with E-state index in [1.54, 1.807) is 22.0 Å². The van der Waals surface area contributed by atoms with Crippen LogP contribution in [-0.2, 0) is 11.5 Å². The number of aromatic nitrogens is 2. The smallest absolute Gasteiger partial charge is 0.243 e. The number of rotatable bonds is 4. The van der Waals surface area contributed by atoms with E-state index < -0.39 is 0 Å². The molecule has 0 aliphatic heterocycles. The van der Waals surface area contributed by atoms with Gasteiger partial charge in [-0.1, -0.05) is 11.6 Å². The van der Waals surface area contributed by atoms with Gasteiger partial charge >= 0.3 is 0 Å². The summed E-state index contributed by atoms with van der Waals surface area (Å²) in [4.78, 5) is 13.8. The third kappa shape index (κ3) is 3.14. The van der Waals surface area contributed by atoms with E-state index in [1.807, 2.05) is 32.0 Å². The number of nitrogens with zero attached hydrogens (tertiary/aromatic N) is 3. The van der Waals surface area contributed by atoms with Crippen molar-refractivity contribution in [1.82, 2.24) is 9.78 Å². The molecule has 20 heavy (non-hydrogen) atoms. The summed E-state index contributed by atoms with van der Waals surface area (Å²) in [5, 5.41) is 4.78. The van der Waals surface area contributed by atoms with Crippen molar-refractivity contribution in [3.63, 3.8) is 0 Å². The molecule has 0 aliphatic carbocycles. The van der Waals surface area contributed by atoms with Gasteiger partial charge in [0.15, 0.2) is 0 Å². The number of aryl methyl sites for hydroxylation is 2. The molecule has 0 radical (unpaired) electrons. The predicted octanol–water partition coefficient (Wildman–Crippen LogP) is 3.38. The van der Waals surface area contributed by atoms with Gasteiger partial charge in [-0.05, 0) is 43.2 Å². The van der Waals surface area contributed by atoms with Crippen LogP contribution in [-0.4, -0.2) is 21.6 Å². The van der Waals surface area contributed by atoms with Gasteiger partial charge in [0.2, 0.25) is 5.91 Å². The Morgan fingerprint density at radius 1 is 1.35 bits per heavy atom. The zero-order chi connectivity index (χ0) is 14.7. The summed E-state index contributed by atoms with van der Waals surface area (Å²) in [7, 11) is 0. The molecule has 2 rings (SSSR count).